The fourth-order valence-corrected chi connectivity index (χ4v) is 8.59. The number of aromatic nitrogens is 4. The quantitative estimate of drug-likeness (QED) is 0.122. The van der Waals surface area contributed by atoms with E-state index in [4.69, 9.17) is 21.6 Å². The second-order valence-corrected chi connectivity index (χ2v) is 15.3. The summed E-state index contributed by atoms with van der Waals surface area (Å²) in [5.74, 6) is 1.71. The van der Waals surface area contributed by atoms with Crippen LogP contribution in [-0.4, -0.2) is 80.7 Å². The molecule has 2 fully saturated rings. The van der Waals surface area contributed by atoms with Crippen molar-refractivity contribution in [3.8, 4) is 33.6 Å². The SMILES string of the molecule is CNC(C(=O)N1CCC[C@H]1c1ncc(-c2ccc(-c3ccc(-c4cnc([C@@H]5CCCN5C(=O)[C@@H](c5ccccc5Cl)N(C)C)[nH]4)cc3)cc2)[nH]1)c1ccccc1. The lowest BCUT2D eigenvalue weighted by Gasteiger charge is -2.32. The number of likely N-dealkylation sites (tertiary alicyclic amines) is 2. The Morgan fingerprint density at radius 2 is 1.18 bits per heavy atom. The number of nitrogens with one attached hydrogen (secondary N) is 3. The zero-order valence-electron chi connectivity index (χ0n) is 32.0. The van der Waals surface area contributed by atoms with Crippen LogP contribution in [0.3, 0.4) is 0 Å². The van der Waals surface area contributed by atoms with Gasteiger partial charge in [-0.25, -0.2) is 9.97 Å². The van der Waals surface area contributed by atoms with E-state index in [-0.39, 0.29) is 23.9 Å². The number of amides is 2. The number of carbonyl (C=O) groups is 2. The Bertz CT molecular complexity index is 2290. The van der Waals surface area contributed by atoms with E-state index in [9.17, 15) is 9.59 Å². The summed E-state index contributed by atoms with van der Waals surface area (Å²) in [6.07, 6.45) is 7.30. The number of imidazole rings is 2. The van der Waals surface area contributed by atoms with Crippen LogP contribution in [0.15, 0.2) is 116 Å². The van der Waals surface area contributed by atoms with Crippen LogP contribution in [0.5, 0.6) is 0 Å². The largest absolute Gasteiger partial charge is 0.340 e. The van der Waals surface area contributed by atoms with E-state index in [1.807, 2.05) is 103 Å². The number of hydrogen-bond donors (Lipinski definition) is 3. The van der Waals surface area contributed by atoms with Crippen molar-refractivity contribution in [2.24, 2.45) is 0 Å². The standard InChI is InChI=1S/C45H47ClN8O2/c1-47-40(33-11-5-4-6-12-33)44(55)53-25-9-15-38(53)42-48-27-36(50-42)31-21-17-29(18-22-31)30-19-23-32(24-20-30)37-28-49-43(51-37)39-16-10-26-54(39)45(56)41(52(2)3)34-13-7-8-14-35(34)46/h4-8,11-14,17-24,27-28,38-41,47H,9-10,15-16,25-26H2,1-3H3,(H,48,50)(H,49,51)/t38-,39-,40?,41+/m0/s1. The summed E-state index contributed by atoms with van der Waals surface area (Å²) in [5, 5.41) is 3.80. The van der Waals surface area contributed by atoms with Gasteiger partial charge >= 0.3 is 0 Å². The molecule has 2 aliphatic heterocycles. The minimum absolute atomic E-state index is 0.0289. The van der Waals surface area contributed by atoms with E-state index in [1.54, 1.807) is 0 Å². The second-order valence-electron chi connectivity index (χ2n) is 14.9. The molecule has 3 N–H and O–H groups in total. The highest BCUT2D eigenvalue weighted by Crippen LogP contribution is 2.37. The predicted molar refractivity (Wildman–Crippen MR) is 221 cm³/mol. The van der Waals surface area contributed by atoms with E-state index in [1.165, 1.54) is 0 Å². The van der Waals surface area contributed by atoms with Crippen molar-refractivity contribution in [1.82, 2.24) is 40.0 Å². The second kappa shape index (κ2) is 16.3. The smallest absolute Gasteiger partial charge is 0.245 e. The van der Waals surface area contributed by atoms with E-state index >= 15 is 0 Å². The van der Waals surface area contributed by atoms with Crippen molar-refractivity contribution in [3.05, 3.63) is 143 Å². The monoisotopic (exact) mass is 766 g/mol. The van der Waals surface area contributed by atoms with Gasteiger partial charge in [0.1, 0.15) is 23.7 Å². The Kier molecular flexibility index (Phi) is 10.9. The molecule has 4 heterocycles. The van der Waals surface area contributed by atoms with Crippen LogP contribution in [0.4, 0.5) is 0 Å². The number of benzene rings is 4. The number of aromatic amines is 2. The molecule has 11 heteroatoms. The number of hydrogen-bond acceptors (Lipinski definition) is 6. The molecule has 0 aliphatic carbocycles. The summed E-state index contributed by atoms with van der Waals surface area (Å²) in [5.41, 5.74) is 7.87. The maximum Gasteiger partial charge on any atom is 0.245 e. The van der Waals surface area contributed by atoms with Crippen molar-refractivity contribution < 1.29 is 9.59 Å². The van der Waals surface area contributed by atoms with Gasteiger partial charge in [-0.15, -0.1) is 0 Å². The van der Waals surface area contributed by atoms with Crippen LogP contribution in [0.25, 0.3) is 33.6 Å². The van der Waals surface area contributed by atoms with Gasteiger partial charge in [0.15, 0.2) is 0 Å². The van der Waals surface area contributed by atoms with Gasteiger partial charge in [-0.2, -0.15) is 0 Å². The zero-order chi connectivity index (χ0) is 38.8. The number of carbonyl (C=O) groups excluding carboxylic acids is 2. The van der Waals surface area contributed by atoms with E-state index < -0.39 is 12.1 Å². The highest BCUT2D eigenvalue weighted by molar-refractivity contribution is 6.31. The first-order valence-electron chi connectivity index (χ1n) is 19.4. The molecule has 4 aromatic carbocycles. The third-order valence-corrected chi connectivity index (χ3v) is 11.6. The number of H-pyrrole nitrogens is 2. The average molecular weight is 767 g/mol. The van der Waals surface area contributed by atoms with Gasteiger partial charge in [-0.1, -0.05) is 109 Å². The number of nitrogens with zero attached hydrogens (tertiary/aromatic N) is 5. The van der Waals surface area contributed by atoms with Gasteiger partial charge in [-0.3, -0.25) is 14.5 Å². The molecule has 1 unspecified atom stereocenters. The molecule has 2 amide bonds. The topological polar surface area (TPSA) is 113 Å². The summed E-state index contributed by atoms with van der Waals surface area (Å²) in [6.45, 7) is 1.39. The highest BCUT2D eigenvalue weighted by Gasteiger charge is 2.38. The fraction of sp³-hybridized carbons (Fsp3) is 0.289. The minimum Gasteiger partial charge on any atom is -0.340 e. The van der Waals surface area contributed by atoms with Gasteiger partial charge in [0, 0.05) is 18.1 Å². The Morgan fingerprint density at radius 3 is 1.68 bits per heavy atom. The fourth-order valence-electron chi connectivity index (χ4n) is 8.35. The molecule has 0 bridgehead atoms. The lowest BCUT2D eigenvalue weighted by atomic mass is 10.0. The molecule has 286 valence electrons. The van der Waals surface area contributed by atoms with E-state index in [0.717, 1.165) is 82.1 Å². The molecule has 0 saturated carbocycles. The van der Waals surface area contributed by atoms with Crippen molar-refractivity contribution in [1.29, 1.82) is 0 Å². The maximum atomic E-state index is 14.0. The molecule has 6 aromatic rings. The van der Waals surface area contributed by atoms with Crippen LogP contribution < -0.4 is 5.32 Å². The summed E-state index contributed by atoms with van der Waals surface area (Å²) in [4.78, 5) is 50.1. The first-order chi connectivity index (χ1) is 27.3. The summed E-state index contributed by atoms with van der Waals surface area (Å²) in [7, 11) is 5.66. The molecule has 56 heavy (non-hydrogen) atoms. The van der Waals surface area contributed by atoms with E-state index in [2.05, 4.69) is 63.8 Å². The molecular weight excluding hydrogens is 720 g/mol. The van der Waals surface area contributed by atoms with Crippen molar-refractivity contribution in [3.63, 3.8) is 0 Å². The Morgan fingerprint density at radius 1 is 0.696 bits per heavy atom. The minimum atomic E-state index is -0.478. The van der Waals surface area contributed by atoms with Crippen LogP contribution in [-0.2, 0) is 9.59 Å². The number of halogens is 1. The summed E-state index contributed by atoms with van der Waals surface area (Å²) >= 11 is 6.55. The molecular formula is C45H47ClN8O2. The third-order valence-electron chi connectivity index (χ3n) is 11.2. The summed E-state index contributed by atoms with van der Waals surface area (Å²) in [6, 6.07) is 33.2. The number of likely N-dealkylation sites (N-methyl/N-ethyl adjacent to an activating group) is 2. The van der Waals surface area contributed by atoms with Crippen LogP contribution in [0, 0.1) is 0 Å². The first-order valence-corrected chi connectivity index (χ1v) is 19.7. The third kappa shape index (κ3) is 7.40. The highest BCUT2D eigenvalue weighted by atomic mass is 35.5. The number of rotatable bonds is 11. The maximum absolute atomic E-state index is 14.0. The molecule has 2 aromatic heterocycles. The summed E-state index contributed by atoms with van der Waals surface area (Å²) < 4.78 is 0. The molecule has 2 aliphatic rings. The molecule has 0 spiro atoms. The molecule has 0 radical (unpaired) electrons. The lowest BCUT2D eigenvalue weighted by molar-refractivity contribution is -0.137. The normalized spacial score (nSPS) is 18.1. The molecule has 2 saturated heterocycles. The zero-order valence-corrected chi connectivity index (χ0v) is 32.7. The molecule has 4 atom stereocenters. The van der Waals surface area contributed by atoms with Gasteiger partial charge < -0.3 is 25.1 Å². The van der Waals surface area contributed by atoms with Crippen LogP contribution >= 0.6 is 11.6 Å². The predicted octanol–water partition coefficient (Wildman–Crippen LogP) is 8.38. The van der Waals surface area contributed by atoms with Crippen molar-refractivity contribution in [2.75, 3.05) is 34.2 Å². The Labute approximate surface area is 332 Å². The van der Waals surface area contributed by atoms with Crippen molar-refractivity contribution >= 4 is 23.4 Å². The molecule has 8 rings (SSSR count). The Balaban J connectivity index is 0.930. The van der Waals surface area contributed by atoms with Gasteiger partial charge in [0.2, 0.25) is 11.8 Å². The van der Waals surface area contributed by atoms with Crippen LogP contribution in [0.1, 0.15) is 72.6 Å². The average Bonchev–Trinajstić information content (AvgIpc) is 4.07. The lowest BCUT2D eigenvalue weighted by Crippen LogP contribution is -2.40. The van der Waals surface area contributed by atoms with Crippen LogP contribution in [0.2, 0.25) is 5.02 Å². The van der Waals surface area contributed by atoms with Crippen molar-refractivity contribution in [2.45, 2.75) is 49.9 Å². The van der Waals surface area contributed by atoms with Gasteiger partial charge in [0.25, 0.3) is 0 Å². The molecule has 10 nitrogen and oxygen atoms in total. The van der Waals surface area contributed by atoms with E-state index in [0.29, 0.717) is 18.1 Å². The van der Waals surface area contributed by atoms with Gasteiger partial charge in [0.05, 0.1) is 35.9 Å². The Hall–Kier alpha value is -5.55. The first kappa shape index (κ1) is 37.4. The van der Waals surface area contributed by atoms with Gasteiger partial charge in [-0.05, 0) is 86.3 Å².